The first-order chi connectivity index (χ1) is 9.33. The third kappa shape index (κ3) is 2.53. The zero-order chi connectivity index (χ0) is 13.2. The van der Waals surface area contributed by atoms with Crippen LogP contribution in [0.3, 0.4) is 0 Å². The van der Waals surface area contributed by atoms with E-state index >= 15 is 0 Å². The summed E-state index contributed by atoms with van der Waals surface area (Å²) >= 11 is 5.29. The van der Waals surface area contributed by atoms with Crippen molar-refractivity contribution in [2.24, 2.45) is 5.92 Å². The third-order valence-electron chi connectivity index (χ3n) is 3.78. The molecule has 19 heavy (non-hydrogen) atoms. The molecule has 104 valence electrons. The van der Waals surface area contributed by atoms with E-state index in [4.69, 9.17) is 9.72 Å². The molecule has 0 N–H and O–H groups in total. The van der Waals surface area contributed by atoms with E-state index in [9.17, 15) is 0 Å². The lowest BCUT2D eigenvalue weighted by Crippen LogP contribution is -2.35. The number of methoxy groups -OCH3 is 1. The molecule has 0 aliphatic carbocycles. The highest BCUT2D eigenvalue weighted by molar-refractivity contribution is 9.08. The second-order valence-electron chi connectivity index (χ2n) is 4.96. The molecule has 1 aliphatic rings. The van der Waals surface area contributed by atoms with Gasteiger partial charge in [-0.1, -0.05) is 15.9 Å². The fourth-order valence-electron chi connectivity index (χ4n) is 2.75. The molecular weight excluding hydrogens is 326 g/mol. The topological polar surface area (TPSA) is 29.8 Å². The van der Waals surface area contributed by atoms with Crippen molar-refractivity contribution in [3.05, 3.63) is 17.3 Å². The highest BCUT2D eigenvalue weighted by Gasteiger charge is 2.24. The van der Waals surface area contributed by atoms with E-state index in [1.807, 2.05) is 0 Å². The number of alkyl halides is 1. The van der Waals surface area contributed by atoms with E-state index in [0.717, 1.165) is 35.8 Å². The Balaban J connectivity index is 1.79. The van der Waals surface area contributed by atoms with E-state index in [-0.39, 0.29) is 0 Å². The van der Waals surface area contributed by atoms with Crippen molar-refractivity contribution in [1.82, 2.24) is 9.38 Å². The second-order valence-corrected chi connectivity index (χ2v) is 6.39. The van der Waals surface area contributed by atoms with Crippen molar-refractivity contribution in [3.8, 4) is 0 Å². The Hall–Kier alpha value is -0.590. The zero-order valence-electron chi connectivity index (χ0n) is 11.0. The lowest BCUT2D eigenvalue weighted by Gasteiger charge is -2.32. The Bertz CT molecular complexity index is 545. The average Bonchev–Trinajstić information content (AvgIpc) is 3.00. The summed E-state index contributed by atoms with van der Waals surface area (Å²) in [5.41, 5.74) is 1.27. The highest BCUT2D eigenvalue weighted by atomic mass is 79.9. The normalized spacial score (nSPS) is 17.5. The summed E-state index contributed by atoms with van der Waals surface area (Å²) in [5.74, 6) is 1.86. The lowest BCUT2D eigenvalue weighted by molar-refractivity contribution is 0.139. The Morgan fingerprint density at radius 1 is 1.47 bits per heavy atom. The van der Waals surface area contributed by atoms with Gasteiger partial charge >= 0.3 is 0 Å². The van der Waals surface area contributed by atoms with Gasteiger partial charge in [0.25, 0.3) is 0 Å². The molecule has 0 saturated carbocycles. The third-order valence-corrected chi connectivity index (χ3v) is 5.07. The minimum atomic E-state index is 0.706. The van der Waals surface area contributed by atoms with Crippen molar-refractivity contribution in [2.45, 2.75) is 18.2 Å². The van der Waals surface area contributed by atoms with E-state index < -0.39 is 0 Å². The molecule has 6 heteroatoms. The molecule has 1 saturated heterocycles. The maximum Gasteiger partial charge on any atom is 0.195 e. The summed E-state index contributed by atoms with van der Waals surface area (Å²) in [5, 5.41) is 2.93. The molecular formula is C13H18BrN3OS. The summed E-state index contributed by atoms with van der Waals surface area (Å²) < 4.78 is 7.45. The Labute approximate surface area is 125 Å². The maximum absolute atomic E-state index is 5.26. The molecule has 1 aliphatic heterocycles. The zero-order valence-corrected chi connectivity index (χ0v) is 13.4. The predicted octanol–water partition coefficient (Wildman–Crippen LogP) is 3.15. The van der Waals surface area contributed by atoms with Gasteiger partial charge in [-0.2, -0.15) is 0 Å². The number of nitrogens with zero attached hydrogens (tertiary/aromatic N) is 3. The van der Waals surface area contributed by atoms with Crippen molar-refractivity contribution < 1.29 is 4.74 Å². The Morgan fingerprint density at radius 3 is 2.95 bits per heavy atom. The van der Waals surface area contributed by atoms with Crippen LogP contribution in [-0.2, 0) is 10.1 Å². The SMILES string of the molecule is COCC1CCN(c2nc3sccn3c2CBr)CC1. The number of rotatable bonds is 4. The van der Waals surface area contributed by atoms with E-state index in [0.29, 0.717) is 5.92 Å². The fourth-order valence-corrected chi connectivity index (χ4v) is 3.99. The van der Waals surface area contributed by atoms with Crippen LogP contribution >= 0.6 is 27.3 Å². The molecule has 0 aromatic carbocycles. The molecule has 1 fully saturated rings. The van der Waals surface area contributed by atoms with Crippen molar-refractivity contribution >= 4 is 38.0 Å². The van der Waals surface area contributed by atoms with Crippen LogP contribution in [0.25, 0.3) is 4.96 Å². The molecule has 3 rings (SSSR count). The standard InChI is InChI=1S/C13H18BrN3OS/c1-18-9-10-2-4-16(5-3-10)12-11(8-14)17-6-7-19-13(17)15-12/h6-7,10H,2-5,8-9H2,1H3. The van der Waals surface area contributed by atoms with Gasteiger partial charge in [-0.25, -0.2) is 4.98 Å². The van der Waals surface area contributed by atoms with Crippen LogP contribution < -0.4 is 4.90 Å². The second kappa shape index (κ2) is 5.81. The van der Waals surface area contributed by atoms with Gasteiger partial charge in [0.1, 0.15) is 0 Å². The van der Waals surface area contributed by atoms with Crippen molar-refractivity contribution in [3.63, 3.8) is 0 Å². The molecule has 3 heterocycles. The predicted molar refractivity (Wildman–Crippen MR) is 82.5 cm³/mol. The van der Waals surface area contributed by atoms with Crippen LogP contribution in [0.4, 0.5) is 5.82 Å². The summed E-state index contributed by atoms with van der Waals surface area (Å²) in [6.45, 7) is 3.05. The fraction of sp³-hybridized carbons (Fsp3) is 0.615. The van der Waals surface area contributed by atoms with Gasteiger partial charge in [0.15, 0.2) is 10.8 Å². The summed E-state index contributed by atoms with van der Waals surface area (Å²) in [6.07, 6.45) is 4.49. The molecule has 0 atom stereocenters. The molecule has 0 unspecified atom stereocenters. The number of piperidine rings is 1. The smallest absolute Gasteiger partial charge is 0.195 e. The van der Waals surface area contributed by atoms with Crippen molar-refractivity contribution in [1.29, 1.82) is 0 Å². The van der Waals surface area contributed by atoms with Crippen LogP contribution in [0.15, 0.2) is 11.6 Å². The molecule has 4 nitrogen and oxygen atoms in total. The molecule has 2 aromatic heterocycles. The van der Waals surface area contributed by atoms with E-state index in [1.165, 1.54) is 18.5 Å². The number of anilines is 1. The number of thiazole rings is 1. The van der Waals surface area contributed by atoms with Gasteiger partial charge in [-0.3, -0.25) is 4.40 Å². The van der Waals surface area contributed by atoms with Crippen LogP contribution in [0.2, 0.25) is 0 Å². The van der Waals surface area contributed by atoms with Gasteiger partial charge in [0, 0.05) is 43.7 Å². The van der Waals surface area contributed by atoms with Gasteiger partial charge in [0.05, 0.1) is 5.69 Å². The summed E-state index contributed by atoms with van der Waals surface area (Å²) in [7, 11) is 1.79. The molecule has 0 bridgehead atoms. The minimum Gasteiger partial charge on any atom is -0.384 e. The summed E-state index contributed by atoms with van der Waals surface area (Å²) in [4.78, 5) is 8.29. The molecule has 0 spiro atoms. The molecule has 0 amide bonds. The number of fused-ring (bicyclic) bond motifs is 1. The first-order valence-electron chi connectivity index (χ1n) is 6.57. The van der Waals surface area contributed by atoms with E-state index in [1.54, 1.807) is 18.4 Å². The number of halogens is 1. The number of aromatic nitrogens is 2. The lowest BCUT2D eigenvalue weighted by atomic mass is 9.98. The number of hydrogen-bond acceptors (Lipinski definition) is 4. The number of ether oxygens (including phenoxy) is 1. The first kappa shape index (κ1) is 13.4. The molecule has 0 radical (unpaired) electrons. The number of hydrogen-bond donors (Lipinski definition) is 0. The van der Waals surface area contributed by atoms with Crippen LogP contribution in [0, 0.1) is 5.92 Å². The largest absolute Gasteiger partial charge is 0.384 e. The van der Waals surface area contributed by atoms with Crippen molar-refractivity contribution in [2.75, 3.05) is 31.7 Å². The van der Waals surface area contributed by atoms with E-state index in [2.05, 4.69) is 36.8 Å². The van der Waals surface area contributed by atoms with Crippen LogP contribution in [-0.4, -0.2) is 36.2 Å². The van der Waals surface area contributed by atoms with Crippen LogP contribution in [0.1, 0.15) is 18.5 Å². The van der Waals surface area contributed by atoms with Gasteiger partial charge in [-0.05, 0) is 18.8 Å². The quantitative estimate of drug-likeness (QED) is 0.798. The minimum absolute atomic E-state index is 0.706. The van der Waals surface area contributed by atoms with Gasteiger partial charge < -0.3 is 9.64 Å². The molecule has 2 aromatic rings. The van der Waals surface area contributed by atoms with Gasteiger partial charge in [-0.15, -0.1) is 11.3 Å². The first-order valence-corrected chi connectivity index (χ1v) is 8.58. The highest BCUT2D eigenvalue weighted by Crippen LogP contribution is 2.29. The summed E-state index contributed by atoms with van der Waals surface area (Å²) in [6, 6.07) is 0. The Kier molecular flexibility index (Phi) is 4.10. The number of imidazole rings is 1. The monoisotopic (exact) mass is 343 g/mol. The maximum atomic E-state index is 5.26. The van der Waals surface area contributed by atoms with Crippen LogP contribution in [0.5, 0.6) is 0 Å². The Morgan fingerprint density at radius 2 is 2.26 bits per heavy atom. The van der Waals surface area contributed by atoms with Gasteiger partial charge in [0.2, 0.25) is 0 Å². The average molecular weight is 344 g/mol.